The summed E-state index contributed by atoms with van der Waals surface area (Å²) < 4.78 is 4.47. The fourth-order valence-corrected chi connectivity index (χ4v) is 2.93. The molecule has 1 aliphatic heterocycles. The van der Waals surface area contributed by atoms with Crippen LogP contribution in [0.3, 0.4) is 0 Å². The van der Waals surface area contributed by atoms with E-state index in [0.29, 0.717) is 4.91 Å². The van der Waals surface area contributed by atoms with E-state index in [1.54, 1.807) is 17.8 Å². The third-order valence-electron chi connectivity index (χ3n) is 2.80. The van der Waals surface area contributed by atoms with Crippen molar-refractivity contribution in [1.82, 2.24) is 4.90 Å². The van der Waals surface area contributed by atoms with Crippen LogP contribution >= 0.6 is 23.5 Å². The summed E-state index contributed by atoms with van der Waals surface area (Å²) in [5.41, 5.74) is 0.830. The van der Waals surface area contributed by atoms with Crippen molar-refractivity contribution >= 4 is 46.7 Å². The van der Waals surface area contributed by atoms with Crippen LogP contribution in [0.1, 0.15) is 5.56 Å². The summed E-state index contributed by atoms with van der Waals surface area (Å²) >= 11 is 2.45. The molecule has 1 aromatic carbocycles. The number of thioether (sulfide) groups is 2. The number of benzene rings is 1. The largest absolute Gasteiger partial charge is 0.468 e. The Balaban J connectivity index is 2.17. The van der Waals surface area contributed by atoms with Crippen LogP contribution in [0.2, 0.25) is 0 Å². The molecule has 110 valence electrons. The predicted molar refractivity (Wildman–Crippen MR) is 82.9 cm³/mol. The highest BCUT2D eigenvalue weighted by Gasteiger charge is 2.36. The first-order valence-corrected chi connectivity index (χ1v) is 8.05. The molecule has 5 nitrogen and oxygen atoms in total. The first kappa shape index (κ1) is 15.7. The van der Waals surface area contributed by atoms with E-state index in [-0.39, 0.29) is 6.54 Å². The third-order valence-corrected chi connectivity index (χ3v) is 4.45. The Morgan fingerprint density at radius 1 is 1.33 bits per heavy atom. The molecule has 0 spiro atoms. The molecule has 0 aromatic heterocycles. The van der Waals surface area contributed by atoms with Gasteiger partial charge in [0, 0.05) is 4.90 Å². The molecule has 0 aliphatic carbocycles. The molecule has 2 rings (SSSR count). The smallest absolute Gasteiger partial charge is 0.325 e. The lowest BCUT2D eigenvalue weighted by molar-refractivity contribution is -0.143. The molecule has 1 heterocycles. The van der Waals surface area contributed by atoms with Crippen molar-refractivity contribution in [2.24, 2.45) is 0 Å². The number of esters is 1. The fourth-order valence-electron chi connectivity index (χ4n) is 1.68. The maximum Gasteiger partial charge on any atom is 0.325 e. The van der Waals surface area contributed by atoms with Gasteiger partial charge in [0.05, 0.1) is 12.0 Å². The third kappa shape index (κ3) is 3.68. The molecule has 0 saturated carbocycles. The first-order chi connectivity index (χ1) is 10.0. The number of hydrogen-bond donors (Lipinski definition) is 0. The van der Waals surface area contributed by atoms with E-state index < -0.39 is 17.1 Å². The monoisotopic (exact) mass is 323 g/mol. The molecule has 7 heteroatoms. The minimum atomic E-state index is -0.622. The summed E-state index contributed by atoms with van der Waals surface area (Å²) in [6, 6.07) is 7.63. The van der Waals surface area contributed by atoms with Crippen molar-refractivity contribution in [2.45, 2.75) is 4.90 Å². The number of ether oxygens (including phenoxy) is 1. The van der Waals surface area contributed by atoms with Crippen LogP contribution in [0.15, 0.2) is 34.1 Å². The van der Waals surface area contributed by atoms with Crippen molar-refractivity contribution in [3.05, 3.63) is 34.7 Å². The van der Waals surface area contributed by atoms with Gasteiger partial charge in [-0.3, -0.25) is 19.3 Å². The fraction of sp³-hybridized carbons (Fsp3) is 0.214. The van der Waals surface area contributed by atoms with Crippen LogP contribution in [-0.4, -0.2) is 41.9 Å². The molecule has 21 heavy (non-hydrogen) atoms. The number of amides is 2. The minimum absolute atomic E-state index is 0.306. The van der Waals surface area contributed by atoms with E-state index in [9.17, 15) is 14.4 Å². The lowest BCUT2D eigenvalue weighted by Crippen LogP contribution is -2.34. The number of imide groups is 1. The maximum atomic E-state index is 12.1. The van der Waals surface area contributed by atoms with Gasteiger partial charge in [-0.2, -0.15) is 0 Å². The Bertz CT molecular complexity index is 610. The van der Waals surface area contributed by atoms with Crippen LogP contribution < -0.4 is 0 Å². The second-order valence-corrected chi connectivity index (χ2v) is 5.99. The molecule has 0 atom stereocenters. The summed E-state index contributed by atoms with van der Waals surface area (Å²) in [5.74, 6) is -1.09. The van der Waals surface area contributed by atoms with E-state index in [4.69, 9.17) is 0 Å². The molecular weight excluding hydrogens is 310 g/mol. The number of carbonyl (C=O) groups is 3. The van der Waals surface area contributed by atoms with Crippen LogP contribution in [0.5, 0.6) is 0 Å². The molecule has 2 amide bonds. The zero-order chi connectivity index (χ0) is 15.4. The summed E-state index contributed by atoms with van der Waals surface area (Å²) in [5, 5.41) is -0.461. The number of nitrogens with zero attached hydrogens (tertiary/aromatic N) is 1. The second kappa shape index (κ2) is 6.82. The topological polar surface area (TPSA) is 63.7 Å². The first-order valence-electron chi connectivity index (χ1n) is 6.01. The molecule has 1 aliphatic rings. The SMILES string of the molecule is COC(=O)CN1C(=O)SC(=Cc2ccc(SC)cc2)C1=O. The van der Waals surface area contributed by atoms with Crippen LogP contribution in [0, 0.1) is 0 Å². The van der Waals surface area contributed by atoms with Gasteiger partial charge in [-0.05, 0) is 41.8 Å². The van der Waals surface area contributed by atoms with Gasteiger partial charge < -0.3 is 4.74 Å². The van der Waals surface area contributed by atoms with Gasteiger partial charge in [-0.25, -0.2) is 0 Å². The standard InChI is InChI=1S/C14H13NO4S2/c1-19-12(16)8-15-13(17)11(21-14(15)18)7-9-3-5-10(20-2)6-4-9/h3-7H,8H2,1-2H3. The lowest BCUT2D eigenvalue weighted by atomic mass is 10.2. The van der Waals surface area contributed by atoms with E-state index in [2.05, 4.69) is 4.74 Å². The Morgan fingerprint density at radius 2 is 2.00 bits per heavy atom. The normalized spacial score (nSPS) is 16.7. The lowest BCUT2D eigenvalue weighted by Gasteiger charge is -2.09. The van der Waals surface area contributed by atoms with Gasteiger partial charge in [0.15, 0.2) is 0 Å². The van der Waals surface area contributed by atoms with Crippen LogP contribution in [-0.2, 0) is 14.3 Å². The Hall–Kier alpha value is -1.73. The van der Waals surface area contributed by atoms with E-state index in [0.717, 1.165) is 27.1 Å². The summed E-state index contributed by atoms with van der Waals surface area (Å²) in [4.78, 5) is 37.4. The molecule has 0 N–H and O–H groups in total. The van der Waals surface area contributed by atoms with Crippen molar-refractivity contribution in [3.63, 3.8) is 0 Å². The molecule has 0 unspecified atom stereocenters. The molecule has 0 bridgehead atoms. The van der Waals surface area contributed by atoms with Crippen molar-refractivity contribution < 1.29 is 19.1 Å². The van der Waals surface area contributed by atoms with Crippen molar-refractivity contribution in [3.8, 4) is 0 Å². The average Bonchev–Trinajstić information content (AvgIpc) is 2.75. The van der Waals surface area contributed by atoms with Gasteiger partial charge in [0.25, 0.3) is 11.1 Å². The summed E-state index contributed by atoms with van der Waals surface area (Å²) in [6.07, 6.45) is 3.62. The Kier molecular flexibility index (Phi) is 5.08. The molecule has 1 fully saturated rings. The van der Waals surface area contributed by atoms with Crippen molar-refractivity contribution in [1.29, 1.82) is 0 Å². The van der Waals surface area contributed by atoms with Gasteiger partial charge in [-0.1, -0.05) is 12.1 Å². The number of methoxy groups -OCH3 is 1. The zero-order valence-corrected chi connectivity index (χ0v) is 13.1. The molecule has 0 radical (unpaired) electrons. The molecular formula is C14H13NO4S2. The van der Waals surface area contributed by atoms with Gasteiger partial charge >= 0.3 is 5.97 Å². The van der Waals surface area contributed by atoms with Gasteiger partial charge in [0.2, 0.25) is 0 Å². The quantitative estimate of drug-likeness (QED) is 0.482. The molecule has 1 aromatic rings. The highest BCUT2D eigenvalue weighted by molar-refractivity contribution is 8.18. The number of hydrogen-bond acceptors (Lipinski definition) is 6. The van der Waals surface area contributed by atoms with Crippen LogP contribution in [0.25, 0.3) is 6.08 Å². The minimum Gasteiger partial charge on any atom is -0.468 e. The van der Waals surface area contributed by atoms with Gasteiger partial charge in [-0.15, -0.1) is 11.8 Å². The summed E-state index contributed by atoms with van der Waals surface area (Å²) in [7, 11) is 1.21. The van der Waals surface area contributed by atoms with Gasteiger partial charge in [0.1, 0.15) is 6.54 Å². The Labute approximate surface area is 130 Å². The molecule has 1 saturated heterocycles. The average molecular weight is 323 g/mol. The zero-order valence-electron chi connectivity index (χ0n) is 11.5. The number of carbonyl (C=O) groups excluding carboxylic acids is 3. The van der Waals surface area contributed by atoms with Crippen molar-refractivity contribution in [2.75, 3.05) is 19.9 Å². The highest BCUT2D eigenvalue weighted by Crippen LogP contribution is 2.32. The predicted octanol–water partition coefficient (Wildman–Crippen LogP) is 2.62. The summed E-state index contributed by atoms with van der Waals surface area (Å²) in [6.45, 7) is -0.357. The van der Waals surface area contributed by atoms with E-state index in [1.807, 2.05) is 30.5 Å². The maximum absolute atomic E-state index is 12.1. The van der Waals surface area contributed by atoms with Crippen LogP contribution in [0.4, 0.5) is 4.79 Å². The highest BCUT2D eigenvalue weighted by atomic mass is 32.2. The number of rotatable bonds is 4. The van der Waals surface area contributed by atoms with E-state index >= 15 is 0 Å². The second-order valence-electron chi connectivity index (χ2n) is 4.12. The Morgan fingerprint density at radius 3 is 2.57 bits per heavy atom. The van der Waals surface area contributed by atoms with E-state index in [1.165, 1.54) is 7.11 Å².